The van der Waals surface area contributed by atoms with Crippen molar-refractivity contribution in [3.05, 3.63) is 54.1 Å². The minimum absolute atomic E-state index is 0.0555. The second kappa shape index (κ2) is 9.52. The summed E-state index contributed by atoms with van der Waals surface area (Å²) in [6.45, 7) is 9.32. The van der Waals surface area contributed by atoms with E-state index in [9.17, 15) is 9.59 Å². The van der Waals surface area contributed by atoms with Crippen LogP contribution in [-0.4, -0.2) is 23.0 Å². The summed E-state index contributed by atoms with van der Waals surface area (Å²) < 4.78 is 5.68. The van der Waals surface area contributed by atoms with Crippen LogP contribution in [0.25, 0.3) is 0 Å². The highest BCUT2D eigenvalue weighted by Gasteiger charge is 2.21. The fourth-order valence-electron chi connectivity index (χ4n) is 2.34. The van der Waals surface area contributed by atoms with Gasteiger partial charge in [-0.2, -0.15) is 0 Å². The van der Waals surface area contributed by atoms with E-state index in [0.29, 0.717) is 22.7 Å². The van der Waals surface area contributed by atoms with Crippen LogP contribution in [0.5, 0.6) is 5.75 Å². The first kappa shape index (κ1) is 22.4. The average molecular weight is 414 g/mol. The summed E-state index contributed by atoms with van der Waals surface area (Å²) in [5.74, 6) is 0.0397. The molecule has 0 bridgehead atoms. The number of carbonyl (C=O) groups excluding carboxylic acids is 2. The molecule has 0 spiro atoms. The highest BCUT2D eigenvalue weighted by Crippen LogP contribution is 2.21. The monoisotopic (exact) mass is 413 g/mol. The van der Waals surface area contributed by atoms with Crippen LogP contribution in [0, 0.1) is 5.41 Å². The molecule has 2 aromatic carbocycles. The molecule has 0 fully saturated rings. The highest BCUT2D eigenvalue weighted by atomic mass is 32.1. The Hall–Kier alpha value is -2.93. The van der Waals surface area contributed by atoms with E-state index < -0.39 is 5.41 Å². The maximum Gasteiger partial charge on any atom is 0.261 e. The van der Waals surface area contributed by atoms with Crippen molar-refractivity contribution in [3.63, 3.8) is 0 Å². The summed E-state index contributed by atoms with van der Waals surface area (Å²) in [6.07, 6.45) is -0.0555. The lowest BCUT2D eigenvalue weighted by Gasteiger charge is -2.18. The Morgan fingerprint density at radius 2 is 1.59 bits per heavy atom. The molecule has 154 valence electrons. The summed E-state index contributed by atoms with van der Waals surface area (Å²) in [6, 6.07) is 14.1. The van der Waals surface area contributed by atoms with Gasteiger partial charge in [-0.15, -0.1) is 0 Å². The molecule has 2 rings (SSSR count). The first-order valence-corrected chi connectivity index (χ1v) is 9.76. The van der Waals surface area contributed by atoms with Gasteiger partial charge in [0.1, 0.15) is 5.75 Å². The van der Waals surface area contributed by atoms with Gasteiger partial charge in [0, 0.05) is 16.8 Å². The van der Waals surface area contributed by atoms with Crippen LogP contribution in [-0.2, 0) is 4.79 Å². The number of carbonyl (C=O) groups is 2. The smallest absolute Gasteiger partial charge is 0.261 e. The number of thiocarbonyl (C=S) groups is 1. The SMILES string of the molecule is CC(C)Oc1ccccc1C(=O)NC(=S)Nc1cccc(NC(=O)C(C)(C)C)c1. The lowest BCUT2D eigenvalue weighted by atomic mass is 9.95. The van der Waals surface area contributed by atoms with Crippen molar-refractivity contribution >= 4 is 40.5 Å². The lowest BCUT2D eigenvalue weighted by molar-refractivity contribution is -0.123. The van der Waals surface area contributed by atoms with Gasteiger partial charge in [-0.05, 0) is 56.4 Å². The van der Waals surface area contributed by atoms with E-state index in [4.69, 9.17) is 17.0 Å². The molecule has 2 aromatic rings. The number of amides is 2. The number of hydrogen-bond acceptors (Lipinski definition) is 4. The quantitative estimate of drug-likeness (QED) is 0.625. The topological polar surface area (TPSA) is 79.5 Å². The molecular formula is C22H27N3O3S. The van der Waals surface area contributed by atoms with Crippen molar-refractivity contribution < 1.29 is 14.3 Å². The normalized spacial score (nSPS) is 11.0. The Labute approximate surface area is 177 Å². The Kier molecular flexibility index (Phi) is 7.34. The van der Waals surface area contributed by atoms with Crippen molar-refractivity contribution in [2.24, 2.45) is 5.41 Å². The van der Waals surface area contributed by atoms with Gasteiger partial charge >= 0.3 is 0 Å². The largest absolute Gasteiger partial charge is 0.490 e. The molecule has 0 aromatic heterocycles. The molecule has 0 saturated heterocycles. The summed E-state index contributed by atoms with van der Waals surface area (Å²) in [5.41, 5.74) is 1.18. The van der Waals surface area contributed by atoms with Gasteiger partial charge in [-0.3, -0.25) is 14.9 Å². The van der Waals surface area contributed by atoms with Gasteiger partial charge < -0.3 is 15.4 Å². The summed E-state index contributed by atoms with van der Waals surface area (Å²) in [7, 11) is 0. The number of nitrogens with one attached hydrogen (secondary N) is 3. The third-order valence-electron chi connectivity index (χ3n) is 3.78. The van der Waals surface area contributed by atoms with E-state index >= 15 is 0 Å². The number of hydrogen-bond donors (Lipinski definition) is 3. The van der Waals surface area contributed by atoms with E-state index in [0.717, 1.165) is 0 Å². The number of anilines is 2. The first-order chi connectivity index (χ1) is 13.6. The molecule has 0 saturated carbocycles. The summed E-state index contributed by atoms with van der Waals surface area (Å²) in [4.78, 5) is 24.7. The Morgan fingerprint density at radius 1 is 0.966 bits per heavy atom. The van der Waals surface area contributed by atoms with Crippen LogP contribution in [0.2, 0.25) is 0 Å². The molecule has 0 heterocycles. The van der Waals surface area contributed by atoms with Crippen LogP contribution in [0.1, 0.15) is 45.0 Å². The second-order valence-electron chi connectivity index (χ2n) is 7.86. The standard InChI is InChI=1S/C22H27N3O3S/c1-14(2)28-18-12-7-6-11-17(18)19(26)25-21(29)24-16-10-8-9-15(13-16)23-20(27)22(3,4)5/h6-14H,1-5H3,(H,23,27)(H2,24,25,26,29). The lowest BCUT2D eigenvalue weighted by Crippen LogP contribution is -2.34. The molecule has 0 unspecified atom stereocenters. The average Bonchev–Trinajstić information content (AvgIpc) is 2.61. The predicted molar refractivity (Wildman–Crippen MR) is 120 cm³/mol. The highest BCUT2D eigenvalue weighted by molar-refractivity contribution is 7.80. The number of para-hydroxylation sites is 1. The molecule has 6 nitrogen and oxygen atoms in total. The fourth-order valence-corrected chi connectivity index (χ4v) is 2.55. The zero-order chi connectivity index (χ0) is 21.6. The van der Waals surface area contributed by atoms with E-state index in [2.05, 4.69) is 16.0 Å². The van der Waals surface area contributed by atoms with Crippen LogP contribution >= 0.6 is 12.2 Å². The molecule has 0 aliphatic rings. The van der Waals surface area contributed by atoms with E-state index in [1.54, 1.807) is 42.5 Å². The third kappa shape index (κ3) is 6.87. The molecule has 0 radical (unpaired) electrons. The molecular weight excluding hydrogens is 386 g/mol. The summed E-state index contributed by atoms with van der Waals surface area (Å²) >= 11 is 5.26. The molecule has 29 heavy (non-hydrogen) atoms. The van der Waals surface area contributed by atoms with E-state index in [-0.39, 0.29) is 23.0 Å². The molecule has 0 aliphatic carbocycles. The maximum atomic E-state index is 12.6. The van der Waals surface area contributed by atoms with E-state index in [1.807, 2.05) is 40.7 Å². The Morgan fingerprint density at radius 3 is 2.21 bits per heavy atom. The molecule has 3 N–H and O–H groups in total. The van der Waals surface area contributed by atoms with Crippen molar-refractivity contribution in [1.29, 1.82) is 0 Å². The van der Waals surface area contributed by atoms with Gasteiger partial charge in [-0.25, -0.2) is 0 Å². The minimum Gasteiger partial charge on any atom is -0.490 e. The molecule has 0 aliphatic heterocycles. The number of rotatable bonds is 5. The fraction of sp³-hybridized carbons (Fsp3) is 0.318. The van der Waals surface area contributed by atoms with Crippen LogP contribution in [0.3, 0.4) is 0 Å². The zero-order valence-corrected chi connectivity index (χ0v) is 18.1. The van der Waals surface area contributed by atoms with E-state index in [1.165, 1.54) is 0 Å². The van der Waals surface area contributed by atoms with Crippen molar-refractivity contribution in [1.82, 2.24) is 5.32 Å². The van der Waals surface area contributed by atoms with Gasteiger partial charge in [0.2, 0.25) is 5.91 Å². The van der Waals surface area contributed by atoms with Crippen LogP contribution in [0.4, 0.5) is 11.4 Å². The Balaban J connectivity index is 2.04. The third-order valence-corrected chi connectivity index (χ3v) is 3.99. The molecule has 7 heteroatoms. The number of benzene rings is 2. The summed E-state index contributed by atoms with van der Waals surface area (Å²) in [5, 5.41) is 8.63. The predicted octanol–water partition coefficient (Wildman–Crippen LogP) is 4.59. The minimum atomic E-state index is -0.502. The van der Waals surface area contributed by atoms with Crippen molar-refractivity contribution in [2.75, 3.05) is 10.6 Å². The van der Waals surface area contributed by atoms with Crippen molar-refractivity contribution in [2.45, 2.75) is 40.7 Å². The Bertz CT molecular complexity index is 904. The number of ether oxygens (including phenoxy) is 1. The van der Waals surface area contributed by atoms with Crippen LogP contribution in [0.15, 0.2) is 48.5 Å². The maximum absolute atomic E-state index is 12.6. The van der Waals surface area contributed by atoms with Gasteiger partial charge in [0.05, 0.1) is 11.7 Å². The molecule has 0 atom stereocenters. The second-order valence-corrected chi connectivity index (χ2v) is 8.26. The van der Waals surface area contributed by atoms with Crippen molar-refractivity contribution in [3.8, 4) is 5.75 Å². The van der Waals surface area contributed by atoms with Crippen LogP contribution < -0.4 is 20.7 Å². The molecule has 2 amide bonds. The van der Waals surface area contributed by atoms with Gasteiger partial charge in [-0.1, -0.05) is 39.0 Å². The van der Waals surface area contributed by atoms with Gasteiger partial charge in [0.15, 0.2) is 5.11 Å². The zero-order valence-electron chi connectivity index (χ0n) is 17.3. The first-order valence-electron chi connectivity index (χ1n) is 9.36. The van der Waals surface area contributed by atoms with Gasteiger partial charge in [0.25, 0.3) is 5.91 Å².